The molecule has 1 saturated carbocycles. The van der Waals surface area contributed by atoms with Crippen molar-refractivity contribution in [3.05, 3.63) is 29.8 Å². The lowest BCUT2D eigenvalue weighted by Crippen LogP contribution is -2.09. The predicted molar refractivity (Wildman–Crippen MR) is 72.1 cm³/mol. The fraction of sp³-hybridized carbons (Fsp3) is 0.429. The summed E-state index contributed by atoms with van der Waals surface area (Å²) >= 11 is 0. The normalized spacial score (nSPS) is 16.1. The average molecular weight is 260 g/mol. The van der Waals surface area contributed by atoms with Gasteiger partial charge >= 0.3 is 0 Å². The molecule has 2 aromatic rings. The van der Waals surface area contributed by atoms with Crippen molar-refractivity contribution in [1.29, 1.82) is 0 Å². The van der Waals surface area contributed by atoms with E-state index in [2.05, 4.69) is 14.8 Å². The molecule has 0 amide bonds. The lowest BCUT2D eigenvalue weighted by molar-refractivity contribution is 0.508. The van der Waals surface area contributed by atoms with Gasteiger partial charge in [0, 0.05) is 11.7 Å². The second kappa shape index (κ2) is 4.64. The van der Waals surface area contributed by atoms with Crippen molar-refractivity contribution in [2.45, 2.75) is 38.6 Å². The maximum absolute atomic E-state index is 14.1. The first kappa shape index (κ1) is 12.1. The Kier molecular flexibility index (Phi) is 2.97. The summed E-state index contributed by atoms with van der Waals surface area (Å²) in [6.45, 7) is 1.92. The van der Waals surface area contributed by atoms with Crippen molar-refractivity contribution < 1.29 is 4.39 Å². The summed E-state index contributed by atoms with van der Waals surface area (Å²) in [6, 6.07) is 5.10. The molecule has 0 aliphatic heterocycles. The van der Waals surface area contributed by atoms with Gasteiger partial charge in [-0.25, -0.2) is 4.39 Å². The molecule has 1 fully saturated rings. The Morgan fingerprint density at radius 2 is 2.00 bits per heavy atom. The molecule has 0 radical (unpaired) electrons. The van der Waals surface area contributed by atoms with Gasteiger partial charge in [0.15, 0.2) is 5.82 Å². The zero-order valence-electron chi connectivity index (χ0n) is 10.9. The highest BCUT2D eigenvalue weighted by Crippen LogP contribution is 2.34. The van der Waals surface area contributed by atoms with Crippen LogP contribution in [0.3, 0.4) is 0 Å². The van der Waals surface area contributed by atoms with E-state index < -0.39 is 0 Å². The molecule has 0 spiro atoms. The first-order valence-electron chi connectivity index (χ1n) is 6.63. The van der Waals surface area contributed by atoms with Gasteiger partial charge in [-0.15, -0.1) is 10.2 Å². The monoisotopic (exact) mass is 260 g/mol. The number of nitrogen functional groups attached to an aromatic ring is 1. The van der Waals surface area contributed by atoms with Crippen molar-refractivity contribution in [3.8, 4) is 11.4 Å². The van der Waals surface area contributed by atoms with E-state index >= 15 is 0 Å². The highest BCUT2D eigenvalue weighted by molar-refractivity contribution is 5.60. The van der Waals surface area contributed by atoms with Gasteiger partial charge in [0.2, 0.25) is 0 Å². The Bertz CT molecular complexity index is 599. The smallest absolute Gasteiger partial charge is 0.167 e. The molecule has 0 unspecified atom stereocenters. The molecule has 19 heavy (non-hydrogen) atoms. The number of benzene rings is 1. The van der Waals surface area contributed by atoms with Crippen LogP contribution in [-0.2, 0) is 0 Å². The van der Waals surface area contributed by atoms with Gasteiger partial charge in [0.1, 0.15) is 11.6 Å². The summed E-state index contributed by atoms with van der Waals surface area (Å²) in [4.78, 5) is 0. The van der Waals surface area contributed by atoms with E-state index in [1.807, 2.05) is 6.92 Å². The van der Waals surface area contributed by atoms with Crippen LogP contribution in [0.1, 0.15) is 37.5 Å². The number of rotatable bonds is 2. The van der Waals surface area contributed by atoms with Gasteiger partial charge in [0.05, 0.1) is 5.56 Å². The number of halogens is 1. The second-order valence-electron chi connectivity index (χ2n) is 5.12. The fourth-order valence-electron chi connectivity index (χ4n) is 2.87. The molecule has 0 bridgehead atoms. The molecule has 0 atom stereocenters. The van der Waals surface area contributed by atoms with Gasteiger partial charge < -0.3 is 10.3 Å². The quantitative estimate of drug-likeness (QED) is 0.844. The van der Waals surface area contributed by atoms with Gasteiger partial charge in [0.25, 0.3) is 0 Å². The summed E-state index contributed by atoms with van der Waals surface area (Å²) in [5, 5.41) is 8.27. The molecule has 5 heteroatoms. The molecular formula is C14H17FN4. The van der Waals surface area contributed by atoms with E-state index in [1.54, 1.807) is 12.1 Å². The molecule has 3 rings (SSSR count). The molecule has 100 valence electrons. The van der Waals surface area contributed by atoms with Crippen molar-refractivity contribution >= 4 is 5.69 Å². The van der Waals surface area contributed by atoms with Crippen molar-refractivity contribution in [2.75, 3.05) is 5.73 Å². The third-order valence-corrected chi connectivity index (χ3v) is 3.79. The van der Waals surface area contributed by atoms with Crippen LogP contribution < -0.4 is 5.73 Å². The minimum atomic E-state index is -0.341. The maximum Gasteiger partial charge on any atom is 0.167 e. The molecule has 1 aromatic heterocycles. The van der Waals surface area contributed by atoms with Crippen molar-refractivity contribution in [3.63, 3.8) is 0 Å². The number of nitrogens with zero attached hydrogens (tertiary/aromatic N) is 3. The van der Waals surface area contributed by atoms with Crippen LogP contribution in [0, 0.1) is 12.7 Å². The summed E-state index contributed by atoms with van der Waals surface area (Å²) in [7, 11) is 0. The van der Waals surface area contributed by atoms with Crippen molar-refractivity contribution in [1.82, 2.24) is 14.8 Å². The molecule has 1 aliphatic rings. The van der Waals surface area contributed by atoms with Gasteiger partial charge in [-0.1, -0.05) is 12.8 Å². The molecule has 1 aromatic carbocycles. The van der Waals surface area contributed by atoms with Crippen LogP contribution in [-0.4, -0.2) is 14.8 Å². The second-order valence-corrected chi connectivity index (χ2v) is 5.12. The number of hydrogen-bond acceptors (Lipinski definition) is 3. The van der Waals surface area contributed by atoms with E-state index in [1.165, 1.54) is 18.9 Å². The van der Waals surface area contributed by atoms with Gasteiger partial charge in [-0.2, -0.15) is 0 Å². The van der Waals surface area contributed by atoms with Crippen LogP contribution >= 0.6 is 0 Å². The van der Waals surface area contributed by atoms with E-state index in [4.69, 9.17) is 5.73 Å². The average Bonchev–Trinajstić information content (AvgIpc) is 2.98. The standard InChI is InChI=1S/C14H17FN4/c1-9-17-18-14(19(9)11-4-2-3-5-11)12-7-6-10(16)8-13(12)15/h6-8,11H,2-5,16H2,1H3. The topological polar surface area (TPSA) is 56.7 Å². The fourth-order valence-corrected chi connectivity index (χ4v) is 2.87. The van der Waals surface area contributed by atoms with E-state index in [9.17, 15) is 4.39 Å². The van der Waals surface area contributed by atoms with E-state index in [-0.39, 0.29) is 5.82 Å². The third-order valence-electron chi connectivity index (χ3n) is 3.79. The number of hydrogen-bond donors (Lipinski definition) is 1. The first-order chi connectivity index (χ1) is 9.16. The van der Waals surface area contributed by atoms with E-state index in [0.29, 0.717) is 23.1 Å². The number of nitrogens with two attached hydrogens (primary N) is 1. The number of aryl methyl sites for hydroxylation is 1. The van der Waals surface area contributed by atoms with Gasteiger partial charge in [-0.05, 0) is 38.0 Å². The van der Waals surface area contributed by atoms with Crippen LogP contribution in [0.2, 0.25) is 0 Å². The van der Waals surface area contributed by atoms with Crippen LogP contribution in [0.15, 0.2) is 18.2 Å². The summed E-state index contributed by atoms with van der Waals surface area (Å²) in [6.07, 6.45) is 4.66. The van der Waals surface area contributed by atoms with E-state index in [0.717, 1.165) is 18.7 Å². The predicted octanol–water partition coefficient (Wildman–Crippen LogP) is 3.09. The van der Waals surface area contributed by atoms with Crippen molar-refractivity contribution in [2.24, 2.45) is 0 Å². The Morgan fingerprint density at radius 3 is 2.68 bits per heavy atom. The molecule has 2 N–H and O–H groups in total. The number of aromatic nitrogens is 3. The first-order valence-corrected chi connectivity index (χ1v) is 6.63. The molecule has 1 aliphatic carbocycles. The lowest BCUT2D eigenvalue weighted by Gasteiger charge is -2.16. The molecule has 4 nitrogen and oxygen atoms in total. The minimum Gasteiger partial charge on any atom is -0.399 e. The summed E-state index contributed by atoms with van der Waals surface area (Å²) in [5.41, 5.74) is 6.48. The Hall–Kier alpha value is -1.91. The van der Waals surface area contributed by atoms with Gasteiger partial charge in [-0.3, -0.25) is 0 Å². The Balaban J connectivity index is 2.09. The Morgan fingerprint density at radius 1 is 1.26 bits per heavy atom. The SMILES string of the molecule is Cc1nnc(-c2ccc(N)cc2F)n1C1CCCC1. The van der Waals surface area contributed by atoms with Crippen LogP contribution in [0.4, 0.5) is 10.1 Å². The zero-order chi connectivity index (χ0) is 13.4. The third kappa shape index (κ3) is 2.09. The highest BCUT2D eigenvalue weighted by atomic mass is 19.1. The maximum atomic E-state index is 14.1. The zero-order valence-corrected chi connectivity index (χ0v) is 10.9. The largest absolute Gasteiger partial charge is 0.399 e. The molecular weight excluding hydrogens is 243 g/mol. The Labute approximate surface area is 111 Å². The van der Waals surface area contributed by atoms with Crippen LogP contribution in [0.25, 0.3) is 11.4 Å². The minimum absolute atomic E-state index is 0.341. The lowest BCUT2D eigenvalue weighted by atomic mass is 10.1. The highest BCUT2D eigenvalue weighted by Gasteiger charge is 2.24. The number of anilines is 1. The summed E-state index contributed by atoms with van der Waals surface area (Å²) in [5.74, 6) is 1.12. The summed E-state index contributed by atoms with van der Waals surface area (Å²) < 4.78 is 16.1. The van der Waals surface area contributed by atoms with Crippen LogP contribution in [0.5, 0.6) is 0 Å². The molecule has 0 saturated heterocycles. The molecule has 1 heterocycles.